The maximum absolute atomic E-state index is 12.4. The first-order chi connectivity index (χ1) is 8.51. The summed E-state index contributed by atoms with van der Waals surface area (Å²) in [6.07, 6.45) is 3.72. The van der Waals surface area contributed by atoms with E-state index in [1.165, 1.54) is 0 Å². The molecule has 0 aromatic rings. The highest BCUT2D eigenvalue weighted by atomic mass is 16.4. The van der Waals surface area contributed by atoms with E-state index < -0.39 is 5.92 Å². The lowest BCUT2D eigenvalue weighted by atomic mass is 10.0. The smallest absolute Gasteiger partial charge is 0.233 e. The van der Waals surface area contributed by atoms with E-state index in [1.54, 1.807) is 0 Å². The van der Waals surface area contributed by atoms with Gasteiger partial charge in [-0.3, -0.25) is 4.79 Å². The van der Waals surface area contributed by atoms with E-state index in [2.05, 4.69) is 19.0 Å². The molecule has 1 saturated carbocycles. The highest BCUT2D eigenvalue weighted by Gasteiger charge is 2.36. The van der Waals surface area contributed by atoms with Crippen LogP contribution in [0.2, 0.25) is 0 Å². The molecular weight excluding hydrogens is 230 g/mol. The van der Waals surface area contributed by atoms with Crippen molar-refractivity contribution in [1.82, 2.24) is 4.90 Å². The summed E-state index contributed by atoms with van der Waals surface area (Å²) in [5.74, 6) is 0.124. The van der Waals surface area contributed by atoms with Crippen molar-refractivity contribution in [1.29, 1.82) is 0 Å². The molecule has 0 aliphatic heterocycles. The number of nitrogens with two attached hydrogens (primary N) is 1. The zero-order chi connectivity index (χ0) is 13.7. The van der Waals surface area contributed by atoms with Crippen molar-refractivity contribution in [2.45, 2.75) is 52.5 Å². The van der Waals surface area contributed by atoms with Crippen LogP contribution in [-0.4, -0.2) is 34.4 Å². The summed E-state index contributed by atoms with van der Waals surface area (Å²) in [6, 6.07) is 0.372. The van der Waals surface area contributed by atoms with Crippen molar-refractivity contribution in [3.63, 3.8) is 0 Å². The molecule has 18 heavy (non-hydrogen) atoms. The fourth-order valence-corrected chi connectivity index (χ4v) is 2.04. The second-order valence-corrected chi connectivity index (χ2v) is 5.43. The van der Waals surface area contributed by atoms with E-state index in [-0.39, 0.29) is 11.7 Å². The number of nitrogens with zero attached hydrogens (tertiary/aromatic N) is 2. The predicted molar refractivity (Wildman–Crippen MR) is 71.4 cm³/mol. The fourth-order valence-electron chi connectivity index (χ4n) is 2.04. The minimum absolute atomic E-state index is 0.0101. The van der Waals surface area contributed by atoms with Crippen molar-refractivity contribution in [3.05, 3.63) is 0 Å². The van der Waals surface area contributed by atoms with Gasteiger partial charge in [-0.1, -0.05) is 25.9 Å². The number of carbonyl (C=O) groups is 1. The second kappa shape index (κ2) is 6.61. The van der Waals surface area contributed by atoms with Crippen LogP contribution in [0.15, 0.2) is 5.16 Å². The van der Waals surface area contributed by atoms with Crippen LogP contribution in [0.4, 0.5) is 0 Å². The Labute approximate surface area is 109 Å². The van der Waals surface area contributed by atoms with Crippen LogP contribution in [0, 0.1) is 11.8 Å². The first-order valence-electron chi connectivity index (χ1n) is 6.79. The monoisotopic (exact) mass is 255 g/mol. The van der Waals surface area contributed by atoms with Crippen LogP contribution in [-0.2, 0) is 4.79 Å². The second-order valence-electron chi connectivity index (χ2n) is 5.43. The fraction of sp³-hybridized carbons (Fsp3) is 0.846. The van der Waals surface area contributed by atoms with Crippen molar-refractivity contribution in [2.24, 2.45) is 22.7 Å². The summed E-state index contributed by atoms with van der Waals surface area (Å²) in [5.41, 5.74) is 5.60. The molecule has 1 aliphatic carbocycles. The van der Waals surface area contributed by atoms with E-state index >= 15 is 0 Å². The third kappa shape index (κ3) is 3.89. The molecule has 1 aliphatic rings. The third-order valence-electron chi connectivity index (χ3n) is 3.40. The van der Waals surface area contributed by atoms with Gasteiger partial charge in [-0.05, 0) is 31.6 Å². The largest absolute Gasteiger partial charge is 0.409 e. The van der Waals surface area contributed by atoms with Gasteiger partial charge in [-0.25, -0.2) is 0 Å². The number of carbonyl (C=O) groups excluding carboxylic acids is 1. The van der Waals surface area contributed by atoms with Crippen molar-refractivity contribution in [3.8, 4) is 0 Å². The number of amides is 1. The summed E-state index contributed by atoms with van der Waals surface area (Å²) in [4.78, 5) is 14.3. The maximum Gasteiger partial charge on any atom is 0.233 e. The zero-order valence-corrected chi connectivity index (χ0v) is 11.6. The van der Waals surface area contributed by atoms with E-state index in [9.17, 15) is 4.79 Å². The molecule has 0 spiro atoms. The first kappa shape index (κ1) is 14.8. The molecule has 1 fully saturated rings. The molecule has 5 nitrogen and oxygen atoms in total. The average Bonchev–Trinajstić information content (AvgIpc) is 3.14. The summed E-state index contributed by atoms with van der Waals surface area (Å²) in [5, 5.41) is 11.7. The molecule has 1 atom stereocenters. The number of amidine groups is 1. The van der Waals surface area contributed by atoms with E-state index in [0.717, 1.165) is 25.8 Å². The summed E-state index contributed by atoms with van der Waals surface area (Å²) >= 11 is 0. The molecule has 1 amide bonds. The van der Waals surface area contributed by atoms with E-state index in [0.29, 0.717) is 18.4 Å². The van der Waals surface area contributed by atoms with Gasteiger partial charge in [0.1, 0.15) is 0 Å². The van der Waals surface area contributed by atoms with Gasteiger partial charge in [0.05, 0.1) is 5.92 Å². The lowest BCUT2D eigenvalue weighted by molar-refractivity contribution is -0.134. The molecule has 0 aromatic heterocycles. The van der Waals surface area contributed by atoms with Gasteiger partial charge < -0.3 is 15.8 Å². The highest BCUT2D eigenvalue weighted by Crippen LogP contribution is 2.29. The predicted octanol–water partition coefficient (Wildman–Crippen LogP) is 1.80. The number of rotatable bonds is 7. The zero-order valence-electron chi connectivity index (χ0n) is 11.6. The summed E-state index contributed by atoms with van der Waals surface area (Å²) in [6.45, 7) is 6.96. The van der Waals surface area contributed by atoms with Crippen molar-refractivity contribution < 1.29 is 10.0 Å². The van der Waals surface area contributed by atoms with Gasteiger partial charge in [-0.15, -0.1) is 0 Å². The van der Waals surface area contributed by atoms with Crippen molar-refractivity contribution >= 4 is 11.7 Å². The Bertz CT molecular complexity index is 311. The molecule has 3 N–H and O–H groups in total. The number of hydrogen-bond donors (Lipinski definition) is 2. The Balaban J connectivity index is 2.68. The van der Waals surface area contributed by atoms with Gasteiger partial charge in [0, 0.05) is 12.6 Å². The van der Waals surface area contributed by atoms with Gasteiger partial charge in [0.2, 0.25) is 5.91 Å². The topological polar surface area (TPSA) is 78.9 Å². The normalized spacial score (nSPS) is 17.9. The molecule has 5 heteroatoms. The lowest BCUT2D eigenvalue weighted by Gasteiger charge is -2.27. The highest BCUT2D eigenvalue weighted by molar-refractivity contribution is 6.02. The van der Waals surface area contributed by atoms with Crippen LogP contribution in [0.25, 0.3) is 0 Å². The Morgan fingerprint density at radius 3 is 2.50 bits per heavy atom. The van der Waals surface area contributed by atoms with Gasteiger partial charge in [0.15, 0.2) is 5.84 Å². The molecule has 1 unspecified atom stereocenters. The van der Waals surface area contributed by atoms with Gasteiger partial charge in [0.25, 0.3) is 0 Å². The average molecular weight is 255 g/mol. The molecule has 0 saturated heterocycles. The van der Waals surface area contributed by atoms with Crippen LogP contribution in [0.1, 0.15) is 46.5 Å². The maximum atomic E-state index is 12.4. The number of oxime groups is 1. The molecule has 0 aromatic carbocycles. The Kier molecular flexibility index (Phi) is 5.44. The molecule has 0 heterocycles. The van der Waals surface area contributed by atoms with Crippen molar-refractivity contribution in [2.75, 3.05) is 6.54 Å². The molecule has 104 valence electrons. The van der Waals surface area contributed by atoms with E-state index in [4.69, 9.17) is 10.9 Å². The SMILES string of the molecule is CCC(C(=O)N(CCC(C)C)C1CC1)C(N)=NO. The molecule has 0 bridgehead atoms. The lowest BCUT2D eigenvalue weighted by Crippen LogP contribution is -2.43. The molecular formula is C13H25N3O2. The summed E-state index contributed by atoms with van der Waals surface area (Å²) < 4.78 is 0. The number of hydrogen-bond acceptors (Lipinski definition) is 3. The van der Waals surface area contributed by atoms with Gasteiger partial charge in [-0.2, -0.15) is 0 Å². The minimum Gasteiger partial charge on any atom is -0.409 e. The standard InChI is InChI=1S/C13H25N3O2/c1-4-11(12(14)15-18)13(17)16(10-5-6-10)8-7-9(2)3/h9-11,18H,4-8H2,1-3H3,(H2,14,15). The Hall–Kier alpha value is -1.26. The first-order valence-corrected chi connectivity index (χ1v) is 6.79. The minimum atomic E-state index is -0.484. The van der Waals surface area contributed by atoms with Crippen LogP contribution >= 0.6 is 0 Å². The van der Waals surface area contributed by atoms with E-state index in [1.807, 2.05) is 11.8 Å². The Morgan fingerprint density at radius 1 is 1.50 bits per heavy atom. The Morgan fingerprint density at radius 2 is 2.11 bits per heavy atom. The van der Waals surface area contributed by atoms with Crippen LogP contribution < -0.4 is 5.73 Å². The van der Waals surface area contributed by atoms with Crippen LogP contribution in [0.5, 0.6) is 0 Å². The van der Waals surface area contributed by atoms with Gasteiger partial charge >= 0.3 is 0 Å². The summed E-state index contributed by atoms with van der Waals surface area (Å²) in [7, 11) is 0. The molecule has 0 radical (unpaired) electrons. The third-order valence-corrected chi connectivity index (χ3v) is 3.40. The molecule has 1 rings (SSSR count). The quantitative estimate of drug-likeness (QED) is 0.315. The van der Waals surface area contributed by atoms with Crippen LogP contribution in [0.3, 0.4) is 0 Å².